The number of nitrogens with two attached hydrogens (primary N) is 1. The molecule has 3 rings (SSSR count). The van der Waals surface area contributed by atoms with Crippen LogP contribution in [-0.2, 0) is 9.53 Å². The van der Waals surface area contributed by atoms with Crippen LogP contribution < -0.4 is 10.5 Å². The van der Waals surface area contributed by atoms with Crippen LogP contribution in [0.25, 0.3) is 0 Å². The standard InChI is InChI=1S/C22H24N2O2S/c1-26-22(25)18-9-12-19(13-10-18)24-27-20-14-11-17(21(23)15-20)8-7-16-5-3-2-4-6-16/h2-6,11,14-15,18-19,24H,9-10,12-13,23H2,1H3. The number of carbonyl (C=O) groups is 1. The van der Waals surface area contributed by atoms with Crippen molar-refractivity contribution in [3.8, 4) is 11.8 Å². The molecule has 5 heteroatoms. The number of hydrogen-bond acceptors (Lipinski definition) is 5. The van der Waals surface area contributed by atoms with Crippen LogP contribution in [0.15, 0.2) is 53.4 Å². The van der Waals surface area contributed by atoms with Gasteiger partial charge in [-0.25, -0.2) is 0 Å². The van der Waals surface area contributed by atoms with E-state index >= 15 is 0 Å². The summed E-state index contributed by atoms with van der Waals surface area (Å²) in [5.74, 6) is 6.24. The highest BCUT2D eigenvalue weighted by atomic mass is 32.2. The molecule has 2 aromatic rings. The summed E-state index contributed by atoms with van der Waals surface area (Å²) in [6.07, 6.45) is 3.70. The Labute approximate surface area is 165 Å². The van der Waals surface area contributed by atoms with Gasteiger partial charge in [0.15, 0.2) is 0 Å². The molecule has 0 spiro atoms. The first kappa shape index (κ1) is 19.3. The van der Waals surface area contributed by atoms with E-state index in [1.807, 2.05) is 48.5 Å². The van der Waals surface area contributed by atoms with Gasteiger partial charge < -0.3 is 10.5 Å². The van der Waals surface area contributed by atoms with E-state index in [2.05, 4.69) is 16.6 Å². The molecular weight excluding hydrogens is 356 g/mol. The number of carbonyl (C=O) groups excluding carboxylic acids is 1. The molecule has 0 bridgehead atoms. The molecule has 0 heterocycles. The number of nitrogen functional groups attached to an aromatic ring is 1. The number of methoxy groups -OCH3 is 1. The van der Waals surface area contributed by atoms with Gasteiger partial charge in [-0.05, 0) is 68.0 Å². The average molecular weight is 381 g/mol. The predicted octanol–water partition coefficient (Wildman–Crippen LogP) is 4.00. The lowest BCUT2D eigenvalue weighted by Gasteiger charge is -2.27. The topological polar surface area (TPSA) is 64.3 Å². The summed E-state index contributed by atoms with van der Waals surface area (Å²) in [6.45, 7) is 0. The van der Waals surface area contributed by atoms with Crippen molar-refractivity contribution < 1.29 is 9.53 Å². The van der Waals surface area contributed by atoms with E-state index in [-0.39, 0.29) is 11.9 Å². The Morgan fingerprint density at radius 2 is 1.85 bits per heavy atom. The van der Waals surface area contributed by atoms with Gasteiger partial charge in [-0.1, -0.05) is 30.0 Å². The Bertz CT molecular complexity index is 834. The minimum atomic E-state index is -0.0823. The Kier molecular flexibility index (Phi) is 6.80. The van der Waals surface area contributed by atoms with Crippen LogP contribution in [-0.4, -0.2) is 19.1 Å². The summed E-state index contributed by atoms with van der Waals surface area (Å²) >= 11 is 1.59. The van der Waals surface area contributed by atoms with Crippen LogP contribution in [0.1, 0.15) is 36.8 Å². The van der Waals surface area contributed by atoms with Gasteiger partial charge in [-0.2, -0.15) is 0 Å². The average Bonchev–Trinajstić information content (AvgIpc) is 2.72. The van der Waals surface area contributed by atoms with Crippen LogP contribution >= 0.6 is 11.9 Å². The van der Waals surface area contributed by atoms with Crippen molar-refractivity contribution in [2.75, 3.05) is 12.8 Å². The predicted molar refractivity (Wildman–Crippen MR) is 110 cm³/mol. The zero-order valence-electron chi connectivity index (χ0n) is 15.4. The summed E-state index contributed by atoms with van der Waals surface area (Å²) in [7, 11) is 1.46. The molecular formula is C22H24N2O2S. The van der Waals surface area contributed by atoms with Crippen LogP contribution in [0.5, 0.6) is 0 Å². The second kappa shape index (κ2) is 9.50. The Morgan fingerprint density at radius 1 is 1.11 bits per heavy atom. The van der Waals surface area contributed by atoms with Gasteiger partial charge in [0.1, 0.15) is 0 Å². The number of ether oxygens (including phenoxy) is 1. The third-order valence-electron chi connectivity index (χ3n) is 4.74. The SMILES string of the molecule is COC(=O)C1CCC(NSc2ccc(C#Cc3ccccc3)c(N)c2)CC1. The Morgan fingerprint density at radius 3 is 2.52 bits per heavy atom. The van der Waals surface area contributed by atoms with Gasteiger partial charge in [0, 0.05) is 27.8 Å². The fourth-order valence-corrected chi connectivity index (χ4v) is 4.00. The van der Waals surface area contributed by atoms with Crippen LogP contribution in [0.2, 0.25) is 0 Å². The first-order valence-corrected chi connectivity index (χ1v) is 9.94. The van der Waals surface area contributed by atoms with Gasteiger partial charge in [0.25, 0.3) is 0 Å². The second-order valence-corrected chi connectivity index (χ2v) is 7.57. The van der Waals surface area contributed by atoms with Gasteiger partial charge in [-0.3, -0.25) is 9.52 Å². The molecule has 2 aromatic carbocycles. The van der Waals surface area contributed by atoms with Crippen molar-refractivity contribution in [2.24, 2.45) is 5.92 Å². The molecule has 27 heavy (non-hydrogen) atoms. The zero-order valence-corrected chi connectivity index (χ0v) is 16.2. The third-order valence-corrected chi connectivity index (χ3v) is 5.68. The minimum Gasteiger partial charge on any atom is -0.469 e. The van der Waals surface area contributed by atoms with Crippen molar-refractivity contribution in [1.82, 2.24) is 4.72 Å². The first-order valence-electron chi connectivity index (χ1n) is 9.12. The number of nitrogens with one attached hydrogen (secondary N) is 1. The molecule has 0 aliphatic heterocycles. The summed E-state index contributed by atoms with van der Waals surface area (Å²) in [4.78, 5) is 12.7. The molecule has 140 valence electrons. The first-order chi connectivity index (χ1) is 13.2. The number of hydrogen-bond donors (Lipinski definition) is 2. The van der Waals surface area contributed by atoms with Crippen molar-refractivity contribution >= 4 is 23.6 Å². The summed E-state index contributed by atoms with van der Waals surface area (Å²) in [5, 5.41) is 0. The van der Waals surface area contributed by atoms with Crippen molar-refractivity contribution in [3.63, 3.8) is 0 Å². The van der Waals surface area contributed by atoms with Crippen LogP contribution in [0.4, 0.5) is 5.69 Å². The van der Waals surface area contributed by atoms with E-state index in [9.17, 15) is 4.79 Å². The molecule has 1 aliphatic rings. The van der Waals surface area contributed by atoms with Gasteiger partial charge >= 0.3 is 5.97 Å². The quantitative estimate of drug-likeness (QED) is 0.363. The van der Waals surface area contributed by atoms with Crippen molar-refractivity contribution in [1.29, 1.82) is 0 Å². The largest absolute Gasteiger partial charge is 0.469 e. The monoisotopic (exact) mass is 380 g/mol. The lowest BCUT2D eigenvalue weighted by atomic mass is 9.86. The maximum atomic E-state index is 11.6. The van der Waals surface area contributed by atoms with Gasteiger partial charge in [-0.15, -0.1) is 0 Å². The molecule has 0 saturated heterocycles. The fraction of sp³-hybridized carbons (Fsp3) is 0.318. The molecule has 1 aliphatic carbocycles. The number of benzene rings is 2. The van der Waals surface area contributed by atoms with Crippen molar-refractivity contribution in [2.45, 2.75) is 36.6 Å². The molecule has 3 N–H and O–H groups in total. The number of anilines is 1. The Hall–Kier alpha value is -2.42. The highest BCUT2D eigenvalue weighted by molar-refractivity contribution is 7.97. The molecule has 1 saturated carbocycles. The molecule has 0 aromatic heterocycles. The molecule has 0 radical (unpaired) electrons. The normalized spacial score (nSPS) is 19.0. The van der Waals surface area contributed by atoms with Crippen LogP contribution in [0.3, 0.4) is 0 Å². The molecule has 0 amide bonds. The highest BCUT2D eigenvalue weighted by Crippen LogP contribution is 2.28. The minimum absolute atomic E-state index is 0.0520. The number of rotatable bonds is 4. The molecule has 0 atom stereocenters. The van der Waals surface area contributed by atoms with E-state index in [1.165, 1.54) is 7.11 Å². The van der Waals surface area contributed by atoms with E-state index in [0.29, 0.717) is 11.7 Å². The number of esters is 1. The summed E-state index contributed by atoms with van der Waals surface area (Å²) < 4.78 is 8.33. The summed E-state index contributed by atoms with van der Waals surface area (Å²) in [6, 6.07) is 16.2. The van der Waals surface area contributed by atoms with Crippen LogP contribution in [0, 0.1) is 17.8 Å². The van der Waals surface area contributed by atoms with Crippen molar-refractivity contribution in [3.05, 3.63) is 59.7 Å². The van der Waals surface area contributed by atoms with Gasteiger partial charge in [0.2, 0.25) is 0 Å². The highest BCUT2D eigenvalue weighted by Gasteiger charge is 2.26. The maximum Gasteiger partial charge on any atom is 0.308 e. The van der Waals surface area contributed by atoms with E-state index in [1.54, 1.807) is 11.9 Å². The smallest absolute Gasteiger partial charge is 0.308 e. The second-order valence-electron chi connectivity index (χ2n) is 6.66. The van der Waals surface area contributed by atoms with E-state index in [0.717, 1.165) is 41.7 Å². The zero-order chi connectivity index (χ0) is 19.1. The maximum absolute atomic E-state index is 11.6. The van der Waals surface area contributed by atoms with Gasteiger partial charge in [0.05, 0.1) is 13.0 Å². The molecule has 0 unspecified atom stereocenters. The van der Waals surface area contributed by atoms with E-state index < -0.39 is 0 Å². The fourth-order valence-electron chi connectivity index (χ4n) is 3.14. The molecule has 1 fully saturated rings. The Balaban J connectivity index is 1.53. The lowest BCUT2D eigenvalue weighted by molar-refractivity contribution is -0.146. The van der Waals surface area contributed by atoms with E-state index in [4.69, 9.17) is 10.5 Å². The summed E-state index contributed by atoms with van der Waals surface area (Å²) in [5.41, 5.74) is 8.65. The molecule has 4 nitrogen and oxygen atoms in total. The third kappa shape index (κ3) is 5.53. The lowest BCUT2D eigenvalue weighted by Crippen LogP contribution is -2.31.